The predicted molar refractivity (Wildman–Crippen MR) is 45.6 cm³/mol. The normalized spacial score (nSPS) is 31.2. The lowest BCUT2D eigenvalue weighted by Crippen LogP contribution is -2.26. The van der Waals surface area contributed by atoms with Gasteiger partial charge in [0.25, 0.3) is 0 Å². The van der Waals surface area contributed by atoms with Gasteiger partial charge in [-0.1, -0.05) is 0 Å². The number of carbonyl (C=O) groups excluding carboxylic acids is 1. The lowest BCUT2D eigenvalue weighted by atomic mass is 10.3. The summed E-state index contributed by atoms with van der Waals surface area (Å²) >= 11 is 5.65. The van der Waals surface area contributed by atoms with Crippen molar-refractivity contribution in [3.8, 4) is 0 Å². The molecule has 0 unspecified atom stereocenters. The molecule has 0 bridgehead atoms. The van der Waals surface area contributed by atoms with E-state index in [-0.39, 0.29) is 11.5 Å². The van der Waals surface area contributed by atoms with Crippen LogP contribution in [0.1, 0.15) is 0 Å². The molecule has 5 nitrogen and oxygen atoms in total. The molecule has 7 heteroatoms. The minimum absolute atomic E-state index is 0.157. The van der Waals surface area contributed by atoms with E-state index in [0.29, 0.717) is 0 Å². The summed E-state index contributed by atoms with van der Waals surface area (Å²) in [4.78, 5) is 10.6. The number of methoxy groups -OCH3 is 1. The van der Waals surface area contributed by atoms with E-state index in [1.807, 2.05) is 0 Å². The molecule has 1 aliphatic rings. The second-order valence-corrected chi connectivity index (χ2v) is 5.42. The van der Waals surface area contributed by atoms with Crippen LogP contribution < -0.4 is 0 Å². The van der Waals surface area contributed by atoms with Crippen molar-refractivity contribution in [2.24, 2.45) is 0 Å². The van der Waals surface area contributed by atoms with Gasteiger partial charge in [-0.05, 0) is 0 Å². The van der Waals surface area contributed by atoms with Crippen LogP contribution in [0.3, 0.4) is 0 Å². The van der Waals surface area contributed by atoms with Crippen molar-refractivity contribution in [2.75, 3.05) is 18.6 Å². The molecule has 1 saturated heterocycles. The SMILES string of the molecule is COC(=O)O[C@H]1CS(=O)(=O)C[C@H]1Cl. The van der Waals surface area contributed by atoms with E-state index in [4.69, 9.17) is 11.6 Å². The molecule has 0 spiro atoms. The van der Waals surface area contributed by atoms with Gasteiger partial charge in [-0.3, -0.25) is 0 Å². The third kappa shape index (κ3) is 2.73. The van der Waals surface area contributed by atoms with Crippen LogP contribution in [-0.4, -0.2) is 44.7 Å². The molecule has 0 aliphatic carbocycles. The van der Waals surface area contributed by atoms with Crippen LogP contribution in [0.5, 0.6) is 0 Å². The van der Waals surface area contributed by atoms with Crippen LogP contribution in [0.15, 0.2) is 0 Å². The molecule has 1 fully saturated rings. The Kier molecular flexibility index (Phi) is 3.02. The Morgan fingerprint density at radius 3 is 2.46 bits per heavy atom. The predicted octanol–water partition coefficient (Wildman–Crippen LogP) is 0.174. The largest absolute Gasteiger partial charge is 0.508 e. The van der Waals surface area contributed by atoms with Gasteiger partial charge in [-0.25, -0.2) is 13.2 Å². The molecule has 0 aromatic heterocycles. The molecular weight excluding hydrogens is 220 g/mol. The second-order valence-electron chi connectivity index (χ2n) is 2.70. The Morgan fingerprint density at radius 1 is 1.46 bits per heavy atom. The van der Waals surface area contributed by atoms with E-state index < -0.39 is 27.5 Å². The number of sulfone groups is 1. The van der Waals surface area contributed by atoms with Gasteiger partial charge >= 0.3 is 6.16 Å². The highest BCUT2D eigenvalue weighted by molar-refractivity contribution is 7.91. The van der Waals surface area contributed by atoms with Crippen molar-refractivity contribution in [3.63, 3.8) is 0 Å². The van der Waals surface area contributed by atoms with Gasteiger partial charge in [0.1, 0.15) is 6.10 Å². The summed E-state index contributed by atoms with van der Waals surface area (Å²) in [7, 11) is -2.02. The van der Waals surface area contributed by atoms with Gasteiger partial charge in [0.2, 0.25) is 0 Å². The minimum atomic E-state index is -3.16. The first-order valence-electron chi connectivity index (χ1n) is 3.54. The molecule has 1 heterocycles. The zero-order valence-electron chi connectivity index (χ0n) is 6.90. The average Bonchev–Trinajstić information content (AvgIpc) is 2.24. The van der Waals surface area contributed by atoms with Crippen LogP contribution in [0.25, 0.3) is 0 Å². The number of ether oxygens (including phenoxy) is 2. The highest BCUT2D eigenvalue weighted by Gasteiger charge is 2.39. The quantitative estimate of drug-likeness (QED) is 0.473. The maximum absolute atomic E-state index is 11.0. The molecule has 0 radical (unpaired) electrons. The monoisotopic (exact) mass is 228 g/mol. The van der Waals surface area contributed by atoms with Gasteiger partial charge in [-0.2, -0.15) is 0 Å². The first kappa shape index (κ1) is 10.6. The molecule has 0 N–H and O–H groups in total. The maximum atomic E-state index is 11.0. The lowest BCUT2D eigenvalue weighted by Gasteiger charge is -2.11. The fourth-order valence-corrected chi connectivity index (χ4v) is 3.51. The van der Waals surface area contributed by atoms with Gasteiger partial charge < -0.3 is 9.47 Å². The molecule has 13 heavy (non-hydrogen) atoms. The van der Waals surface area contributed by atoms with Crippen molar-refractivity contribution >= 4 is 27.6 Å². The molecule has 76 valence electrons. The first-order chi connectivity index (χ1) is 5.94. The number of halogens is 1. The van der Waals surface area contributed by atoms with Crippen LogP contribution in [0.2, 0.25) is 0 Å². The Labute approximate surface area is 80.9 Å². The summed E-state index contributed by atoms with van der Waals surface area (Å²) in [5.41, 5.74) is 0. The fraction of sp³-hybridized carbons (Fsp3) is 0.833. The van der Waals surface area contributed by atoms with E-state index >= 15 is 0 Å². The highest BCUT2D eigenvalue weighted by Crippen LogP contribution is 2.21. The lowest BCUT2D eigenvalue weighted by molar-refractivity contribution is 0.0469. The van der Waals surface area contributed by atoms with E-state index in [9.17, 15) is 13.2 Å². The van der Waals surface area contributed by atoms with Crippen LogP contribution in [-0.2, 0) is 19.3 Å². The Balaban J connectivity index is 2.59. The summed E-state index contributed by atoms with van der Waals surface area (Å²) in [5.74, 6) is -0.382. The molecule has 1 rings (SSSR count). The topological polar surface area (TPSA) is 69.7 Å². The van der Waals surface area contributed by atoms with Gasteiger partial charge in [0.15, 0.2) is 9.84 Å². The molecule has 1 aliphatic heterocycles. The Bertz CT molecular complexity index is 298. The van der Waals surface area contributed by atoms with Crippen molar-refractivity contribution in [1.82, 2.24) is 0 Å². The average molecular weight is 229 g/mol. The standard InChI is InChI=1S/C6H9ClO5S/c1-11-6(8)12-5-3-13(9,10)2-4(5)7/h4-5H,2-3H2,1H3/t4-,5+/m1/s1. The van der Waals surface area contributed by atoms with Crippen molar-refractivity contribution in [3.05, 3.63) is 0 Å². The Morgan fingerprint density at radius 2 is 2.08 bits per heavy atom. The summed E-state index contributed by atoms with van der Waals surface area (Å²) in [6.07, 6.45) is -1.70. The molecule has 0 aromatic carbocycles. The molecule has 2 atom stereocenters. The van der Waals surface area contributed by atoms with E-state index in [1.54, 1.807) is 0 Å². The second kappa shape index (κ2) is 3.71. The van der Waals surface area contributed by atoms with E-state index in [0.717, 1.165) is 7.11 Å². The Hall–Kier alpha value is -0.490. The smallest absolute Gasteiger partial charge is 0.438 e. The third-order valence-electron chi connectivity index (χ3n) is 1.65. The summed E-state index contributed by atoms with van der Waals surface area (Å²) in [6, 6.07) is 0. The summed E-state index contributed by atoms with van der Waals surface area (Å²) in [5, 5.41) is -0.677. The minimum Gasteiger partial charge on any atom is -0.438 e. The van der Waals surface area contributed by atoms with Crippen LogP contribution >= 0.6 is 11.6 Å². The molecule has 0 saturated carbocycles. The number of alkyl halides is 1. The third-order valence-corrected chi connectivity index (χ3v) is 3.97. The van der Waals surface area contributed by atoms with Crippen LogP contribution in [0, 0.1) is 0 Å². The zero-order valence-corrected chi connectivity index (χ0v) is 8.47. The van der Waals surface area contributed by atoms with Crippen molar-refractivity contribution in [1.29, 1.82) is 0 Å². The number of hydrogen-bond donors (Lipinski definition) is 0. The summed E-state index contributed by atoms with van der Waals surface area (Å²) in [6.45, 7) is 0. The van der Waals surface area contributed by atoms with Crippen molar-refractivity contribution < 1.29 is 22.7 Å². The number of carbonyl (C=O) groups is 1. The van der Waals surface area contributed by atoms with E-state index in [2.05, 4.69) is 9.47 Å². The van der Waals surface area contributed by atoms with Gasteiger partial charge in [0, 0.05) is 0 Å². The number of hydrogen-bond acceptors (Lipinski definition) is 5. The maximum Gasteiger partial charge on any atom is 0.508 e. The summed E-state index contributed by atoms with van der Waals surface area (Å²) < 4.78 is 30.9. The fourth-order valence-electron chi connectivity index (χ4n) is 1.05. The van der Waals surface area contributed by atoms with Gasteiger partial charge in [0.05, 0.1) is 24.0 Å². The highest BCUT2D eigenvalue weighted by atomic mass is 35.5. The van der Waals surface area contributed by atoms with Crippen LogP contribution in [0.4, 0.5) is 4.79 Å². The molecular formula is C6H9ClO5S. The van der Waals surface area contributed by atoms with Crippen molar-refractivity contribution in [2.45, 2.75) is 11.5 Å². The first-order valence-corrected chi connectivity index (χ1v) is 5.79. The molecule has 0 aromatic rings. The molecule has 0 amide bonds. The zero-order chi connectivity index (χ0) is 10.1. The van der Waals surface area contributed by atoms with Gasteiger partial charge in [-0.15, -0.1) is 11.6 Å². The number of rotatable bonds is 1. The van der Waals surface area contributed by atoms with E-state index in [1.165, 1.54) is 0 Å².